The number of likely N-dealkylation sites (N-methyl/N-ethyl adjacent to an activating group) is 1. The van der Waals surface area contributed by atoms with E-state index in [1.54, 1.807) is 12.1 Å². The molecule has 0 saturated heterocycles. The molecule has 0 bridgehead atoms. The molecular weight excluding hydrogens is 394 g/mol. The zero-order valence-electron chi connectivity index (χ0n) is 16.8. The van der Waals surface area contributed by atoms with Crippen molar-refractivity contribution in [2.45, 2.75) is 6.92 Å². The highest BCUT2D eigenvalue weighted by Crippen LogP contribution is 2.17. The number of carbonyl (C=O) groups is 2. The molecule has 0 spiro atoms. The topological polar surface area (TPSA) is 136 Å². The Labute approximate surface area is 175 Å². The van der Waals surface area contributed by atoms with E-state index >= 15 is 0 Å². The first-order valence-electron chi connectivity index (χ1n) is 9.12. The number of nitrogens with two attached hydrogens (primary N) is 2. The van der Waals surface area contributed by atoms with Crippen molar-refractivity contribution in [1.29, 1.82) is 0 Å². The lowest BCUT2D eigenvalue weighted by Gasteiger charge is -2.30. The highest BCUT2D eigenvalue weighted by molar-refractivity contribution is 6.31. The Bertz CT molecular complexity index is 885. The smallest absolute Gasteiger partial charge is 0.273 e. The molecule has 10 heteroatoms. The van der Waals surface area contributed by atoms with Crippen LogP contribution in [0.25, 0.3) is 0 Å². The van der Waals surface area contributed by atoms with Crippen LogP contribution >= 0.6 is 11.6 Å². The molecule has 2 aromatic rings. The predicted molar refractivity (Wildman–Crippen MR) is 114 cm³/mol. The van der Waals surface area contributed by atoms with Gasteiger partial charge in [0.25, 0.3) is 11.8 Å². The molecule has 6 N–H and O–H groups in total. The lowest BCUT2D eigenvalue weighted by atomic mass is 10.1. The highest BCUT2D eigenvalue weighted by Gasteiger charge is 2.19. The van der Waals surface area contributed by atoms with Crippen LogP contribution in [-0.4, -0.2) is 66.5 Å². The largest absolute Gasteiger partial charge is 0.382 e. The second kappa shape index (κ2) is 9.53. The Kier molecular flexibility index (Phi) is 7.35. The first kappa shape index (κ1) is 22.4. The Morgan fingerprint density at radius 3 is 2.10 bits per heavy atom. The summed E-state index contributed by atoms with van der Waals surface area (Å²) < 4.78 is 0.595. The van der Waals surface area contributed by atoms with E-state index in [-0.39, 0.29) is 28.4 Å². The maximum absolute atomic E-state index is 12.2. The molecule has 1 heterocycles. The molecule has 0 radical (unpaired) electrons. The summed E-state index contributed by atoms with van der Waals surface area (Å²) in [6, 6.07) is 7.42. The van der Waals surface area contributed by atoms with Crippen LogP contribution in [0.1, 0.15) is 26.4 Å². The van der Waals surface area contributed by atoms with E-state index in [1.807, 2.05) is 33.2 Å². The quantitative estimate of drug-likeness (QED) is 0.467. The molecule has 0 fully saturated rings. The number of rotatable bonds is 8. The standard InChI is InChI=1S/C19H26ClN7O2/c1-12-4-6-13(7-5-12)18(28)23-8-10-27(2,3)11-9-24-19(29)14-16(21)26-17(22)15(20)25-14/h4-7H,8-11H2,1-3H3,(H5-,21,22,23,24,26,28,29)/p+1. The van der Waals surface area contributed by atoms with Crippen LogP contribution in [0.5, 0.6) is 0 Å². The molecule has 0 unspecified atom stereocenters. The molecule has 0 aliphatic rings. The van der Waals surface area contributed by atoms with Crippen molar-refractivity contribution in [1.82, 2.24) is 20.6 Å². The van der Waals surface area contributed by atoms with Crippen molar-refractivity contribution < 1.29 is 14.1 Å². The maximum atomic E-state index is 12.2. The number of anilines is 2. The van der Waals surface area contributed by atoms with Crippen molar-refractivity contribution in [3.05, 3.63) is 46.2 Å². The molecule has 1 aromatic heterocycles. The number of benzene rings is 1. The molecular formula is C19H27ClN7O2+. The first-order chi connectivity index (χ1) is 13.6. The van der Waals surface area contributed by atoms with Gasteiger partial charge in [0.1, 0.15) is 0 Å². The van der Waals surface area contributed by atoms with Crippen LogP contribution in [0.15, 0.2) is 24.3 Å². The van der Waals surface area contributed by atoms with Crippen molar-refractivity contribution in [3.63, 3.8) is 0 Å². The number of nitrogens with one attached hydrogen (secondary N) is 2. The summed E-state index contributed by atoms with van der Waals surface area (Å²) in [7, 11) is 4.02. The van der Waals surface area contributed by atoms with Crippen LogP contribution < -0.4 is 22.1 Å². The van der Waals surface area contributed by atoms with Gasteiger partial charge in [0.05, 0.1) is 40.3 Å². The Balaban J connectivity index is 1.78. The average molecular weight is 421 g/mol. The number of hydrogen-bond donors (Lipinski definition) is 4. The minimum Gasteiger partial charge on any atom is -0.382 e. The lowest BCUT2D eigenvalue weighted by molar-refractivity contribution is -0.887. The molecule has 0 aliphatic carbocycles. The summed E-state index contributed by atoms with van der Waals surface area (Å²) in [6.45, 7) is 4.22. The first-order valence-corrected chi connectivity index (χ1v) is 9.50. The summed E-state index contributed by atoms with van der Waals surface area (Å²) in [5, 5.41) is 5.60. The summed E-state index contributed by atoms with van der Waals surface area (Å²) in [4.78, 5) is 32.1. The van der Waals surface area contributed by atoms with Gasteiger partial charge in [-0.25, -0.2) is 9.97 Å². The number of amides is 2. The van der Waals surface area contributed by atoms with Crippen LogP contribution in [0.4, 0.5) is 11.6 Å². The summed E-state index contributed by atoms with van der Waals surface area (Å²) >= 11 is 5.80. The van der Waals surface area contributed by atoms with Crippen LogP contribution in [0.2, 0.25) is 5.15 Å². The number of carbonyl (C=O) groups excluding carboxylic acids is 2. The minimum atomic E-state index is -0.468. The third-order valence-corrected chi connectivity index (χ3v) is 4.72. The van der Waals surface area contributed by atoms with Gasteiger partial charge in [-0.1, -0.05) is 29.3 Å². The van der Waals surface area contributed by atoms with E-state index in [9.17, 15) is 9.59 Å². The van der Waals surface area contributed by atoms with Gasteiger partial charge in [0.2, 0.25) is 0 Å². The number of nitrogen functional groups attached to an aromatic ring is 2. The molecule has 0 saturated carbocycles. The Morgan fingerprint density at radius 2 is 1.52 bits per heavy atom. The third kappa shape index (κ3) is 6.58. The second-order valence-electron chi connectivity index (χ2n) is 7.39. The van der Waals surface area contributed by atoms with Crippen molar-refractivity contribution in [3.8, 4) is 0 Å². The van der Waals surface area contributed by atoms with Crippen molar-refractivity contribution in [2.24, 2.45) is 0 Å². The zero-order valence-corrected chi connectivity index (χ0v) is 17.6. The molecule has 2 rings (SSSR count). The van der Waals surface area contributed by atoms with Gasteiger partial charge in [0, 0.05) is 5.56 Å². The Hall–Kier alpha value is -2.91. The van der Waals surface area contributed by atoms with E-state index < -0.39 is 5.91 Å². The molecule has 9 nitrogen and oxygen atoms in total. The molecule has 0 atom stereocenters. The third-order valence-electron chi connectivity index (χ3n) is 4.44. The Morgan fingerprint density at radius 1 is 0.966 bits per heavy atom. The summed E-state index contributed by atoms with van der Waals surface area (Å²) in [5.74, 6) is -0.666. The molecule has 2 amide bonds. The van der Waals surface area contributed by atoms with Gasteiger partial charge in [0.15, 0.2) is 22.5 Å². The van der Waals surface area contributed by atoms with Crippen LogP contribution in [-0.2, 0) is 0 Å². The van der Waals surface area contributed by atoms with E-state index in [0.717, 1.165) is 5.56 Å². The van der Waals surface area contributed by atoms with E-state index in [0.29, 0.717) is 36.2 Å². The summed E-state index contributed by atoms with van der Waals surface area (Å²) in [6.07, 6.45) is 0. The van der Waals surface area contributed by atoms with Gasteiger partial charge in [-0.2, -0.15) is 0 Å². The fraction of sp³-hybridized carbons (Fsp3) is 0.368. The van der Waals surface area contributed by atoms with Gasteiger partial charge >= 0.3 is 0 Å². The van der Waals surface area contributed by atoms with Gasteiger partial charge in [-0.05, 0) is 19.1 Å². The minimum absolute atomic E-state index is 0.0220. The van der Waals surface area contributed by atoms with Crippen molar-refractivity contribution >= 4 is 35.1 Å². The van der Waals surface area contributed by atoms with Crippen LogP contribution in [0, 0.1) is 6.92 Å². The lowest BCUT2D eigenvalue weighted by Crippen LogP contribution is -2.49. The van der Waals surface area contributed by atoms with Crippen molar-refractivity contribution in [2.75, 3.05) is 51.7 Å². The number of halogens is 1. The average Bonchev–Trinajstić information content (AvgIpc) is 2.64. The van der Waals surface area contributed by atoms with Gasteiger partial charge < -0.3 is 26.6 Å². The SMILES string of the molecule is Cc1ccc(C(=O)NCC[N+](C)(C)CCNC(=O)c2nc(Cl)c(N)nc2N)cc1. The van der Waals surface area contributed by atoms with E-state index in [2.05, 4.69) is 20.6 Å². The number of hydrogen-bond acceptors (Lipinski definition) is 6. The number of quaternary nitrogens is 1. The van der Waals surface area contributed by atoms with E-state index in [4.69, 9.17) is 23.1 Å². The molecule has 156 valence electrons. The predicted octanol–water partition coefficient (Wildman–Crippen LogP) is 0.839. The molecule has 1 aromatic carbocycles. The fourth-order valence-electron chi connectivity index (χ4n) is 2.56. The summed E-state index contributed by atoms with van der Waals surface area (Å²) in [5.41, 5.74) is 12.9. The number of aryl methyl sites for hydroxylation is 1. The molecule has 29 heavy (non-hydrogen) atoms. The molecule has 0 aliphatic heterocycles. The monoisotopic (exact) mass is 420 g/mol. The maximum Gasteiger partial charge on any atom is 0.273 e. The highest BCUT2D eigenvalue weighted by atomic mass is 35.5. The van der Waals surface area contributed by atoms with Gasteiger partial charge in [-0.3, -0.25) is 9.59 Å². The van der Waals surface area contributed by atoms with Gasteiger partial charge in [-0.15, -0.1) is 0 Å². The normalized spacial score (nSPS) is 11.2. The van der Waals surface area contributed by atoms with E-state index in [1.165, 1.54) is 0 Å². The number of nitrogens with zero attached hydrogens (tertiary/aromatic N) is 3. The fourth-order valence-corrected chi connectivity index (χ4v) is 2.68. The number of aromatic nitrogens is 2. The zero-order chi connectivity index (χ0) is 21.6. The second-order valence-corrected chi connectivity index (χ2v) is 7.75. The van der Waals surface area contributed by atoms with Crippen LogP contribution in [0.3, 0.4) is 0 Å².